The minimum atomic E-state index is -0.808. The summed E-state index contributed by atoms with van der Waals surface area (Å²) >= 11 is 0. The number of amides is 1. The minimum absolute atomic E-state index is 0.0883. The summed E-state index contributed by atoms with van der Waals surface area (Å²) in [5.41, 5.74) is 1.53. The maximum Gasteiger partial charge on any atom is 0.303 e. The van der Waals surface area contributed by atoms with Gasteiger partial charge in [-0.3, -0.25) is 9.59 Å². The second-order valence-corrected chi connectivity index (χ2v) is 5.18. The van der Waals surface area contributed by atoms with Crippen LogP contribution in [0.5, 0.6) is 0 Å². The molecule has 0 saturated heterocycles. The maximum atomic E-state index is 12.1. The number of rotatable bonds is 6. The summed E-state index contributed by atoms with van der Waals surface area (Å²) < 4.78 is 0. The zero-order chi connectivity index (χ0) is 13.9. The van der Waals surface area contributed by atoms with Crippen LogP contribution in [-0.2, 0) is 16.0 Å². The van der Waals surface area contributed by atoms with Crippen molar-refractivity contribution in [2.75, 3.05) is 5.32 Å². The summed E-state index contributed by atoms with van der Waals surface area (Å²) in [6.45, 7) is 2.04. The van der Waals surface area contributed by atoms with Crippen molar-refractivity contribution >= 4 is 17.6 Å². The third kappa shape index (κ3) is 3.34. The normalized spacial score (nSPS) is 15.8. The summed E-state index contributed by atoms with van der Waals surface area (Å²) in [6.07, 6.45) is 3.40. The first kappa shape index (κ1) is 13.6. The topological polar surface area (TPSA) is 66.4 Å². The molecule has 4 heteroatoms. The zero-order valence-corrected chi connectivity index (χ0v) is 11.1. The molecule has 1 aliphatic rings. The first-order valence-electron chi connectivity index (χ1n) is 6.68. The molecule has 1 aromatic rings. The van der Waals surface area contributed by atoms with Crippen LogP contribution in [0.3, 0.4) is 0 Å². The van der Waals surface area contributed by atoms with E-state index in [1.54, 1.807) is 0 Å². The number of aryl methyl sites for hydroxylation is 1. The van der Waals surface area contributed by atoms with Crippen LogP contribution in [0.15, 0.2) is 24.3 Å². The highest BCUT2D eigenvalue weighted by atomic mass is 16.4. The predicted molar refractivity (Wildman–Crippen MR) is 73.0 cm³/mol. The van der Waals surface area contributed by atoms with Crippen LogP contribution >= 0.6 is 0 Å². The lowest BCUT2D eigenvalue weighted by molar-refractivity contribution is -0.137. The third-order valence-corrected chi connectivity index (χ3v) is 3.82. The van der Waals surface area contributed by atoms with Gasteiger partial charge in [0.2, 0.25) is 5.91 Å². The summed E-state index contributed by atoms with van der Waals surface area (Å²) in [4.78, 5) is 22.6. The molecule has 1 aromatic carbocycles. The van der Waals surface area contributed by atoms with Crippen molar-refractivity contribution in [3.05, 3.63) is 29.8 Å². The molecule has 0 aromatic heterocycles. The number of carbonyl (C=O) groups is 2. The molecule has 1 amide bonds. The van der Waals surface area contributed by atoms with E-state index in [1.807, 2.05) is 31.2 Å². The Labute approximate surface area is 112 Å². The van der Waals surface area contributed by atoms with Gasteiger partial charge in [0.15, 0.2) is 0 Å². The van der Waals surface area contributed by atoms with Gasteiger partial charge in [-0.2, -0.15) is 0 Å². The molecule has 19 heavy (non-hydrogen) atoms. The number of carbonyl (C=O) groups excluding carboxylic acids is 1. The lowest BCUT2D eigenvalue weighted by Gasteiger charge is -2.13. The van der Waals surface area contributed by atoms with Crippen LogP contribution in [-0.4, -0.2) is 17.0 Å². The average Bonchev–Trinajstić information content (AvgIpc) is 3.18. The van der Waals surface area contributed by atoms with Gasteiger partial charge in [-0.25, -0.2) is 0 Å². The van der Waals surface area contributed by atoms with E-state index in [9.17, 15) is 9.59 Å². The Bertz CT molecular complexity index is 492. The lowest BCUT2D eigenvalue weighted by atomic mass is 10.0. The van der Waals surface area contributed by atoms with Gasteiger partial charge in [0.25, 0.3) is 0 Å². The molecule has 0 radical (unpaired) electrons. The van der Waals surface area contributed by atoms with Gasteiger partial charge in [0.1, 0.15) is 0 Å². The molecule has 2 rings (SSSR count). The largest absolute Gasteiger partial charge is 0.481 e. The molecule has 0 atom stereocenters. The van der Waals surface area contributed by atoms with E-state index in [-0.39, 0.29) is 17.7 Å². The van der Waals surface area contributed by atoms with E-state index in [1.165, 1.54) is 0 Å². The predicted octanol–water partition coefficient (Wildman–Crippen LogP) is 2.83. The molecule has 2 N–H and O–H groups in total. The van der Waals surface area contributed by atoms with Gasteiger partial charge in [-0.1, -0.05) is 19.1 Å². The number of hydrogen-bond acceptors (Lipinski definition) is 2. The Morgan fingerprint density at radius 1 is 1.37 bits per heavy atom. The van der Waals surface area contributed by atoms with Gasteiger partial charge in [-0.05, 0) is 43.4 Å². The van der Waals surface area contributed by atoms with Crippen LogP contribution < -0.4 is 5.32 Å². The average molecular weight is 261 g/mol. The molecule has 0 aliphatic heterocycles. The van der Waals surface area contributed by atoms with Crippen LogP contribution in [0.25, 0.3) is 0 Å². The molecule has 4 nitrogen and oxygen atoms in total. The van der Waals surface area contributed by atoms with Gasteiger partial charge in [0.05, 0.1) is 0 Å². The monoisotopic (exact) mass is 261 g/mol. The van der Waals surface area contributed by atoms with E-state index < -0.39 is 5.97 Å². The van der Waals surface area contributed by atoms with Crippen molar-refractivity contribution in [1.82, 2.24) is 0 Å². The fourth-order valence-electron chi connectivity index (χ4n) is 2.21. The zero-order valence-electron chi connectivity index (χ0n) is 11.1. The number of carboxylic acid groups (broad SMARTS) is 1. The Balaban J connectivity index is 1.99. The molecular formula is C15H19NO3. The van der Waals surface area contributed by atoms with Crippen LogP contribution in [0.4, 0.5) is 5.69 Å². The molecular weight excluding hydrogens is 242 g/mol. The summed E-state index contributed by atoms with van der Waals surface area (Å²) in [5.74, 6) is -0.720. The third-order valence-electron chi connectivity index (χ3n) is 3.82. The quantitative estimate of drug-likeness (QED) is 0.827. The van der Waals surface area contributed by atoms with Crippen LogP contribution in [0.2, 0.25) is 0 Å². The van der Waals surface area contributed by atoms with Crippen LogP contribution in [0, 0.1) is 5.41 Å². The second kappa shape index (κ2) is 5.43. The number of anilines is 1. The summed E-state index contributed by atoms with van der Waals surface area (Å²) in [6, 6.07) is 7.42. The Morgan fingerprint density at radius 2 is 2.11 bits per heavy atom. The van der Waals surface area contributed by atoms with Crippen molar-refractivity contribution in [3.63, 3.8) is 0 Å². The fraction of sp³-hybridized carbons (Fsp3) is 0.467. The van der Waals surface area contributed by atoms with Crippen molar-refractivity contribution in [3.8, 4) is 0 Å². The van der Waals surface area contributed by atoms with E-state index in [2.05, 4.69) is 5.32 Å². The lowest BCUT2D eigenvalue weighted by Crippen LogP contribution is -2.23. The first-order chi connectivity index (χ1) is 9.05. The van der Waals surface area contributed by atoms with E-state index in [0.717, 1.165) is 30.5 Å². The molecule has 0 unspecified atom stereocenters. The molecule has 0 bridgehead atoms. The van der Waals surface area contributed by atoms with E-state index in [0.29, 0.717) is 6.42 Å². The molecule has 102 valence electrons. The maximum absolute atomic E-state index is 12.1. The van der Waals surface area contributed by atoms with Crippen LogP contribution in [0.1, 0.15) is 38.2 Å². The van der Waals surface area contributed by atoms with E-state index in [4.69, 9.17) is 5.11 Å². The van der Waals surface area contributed by atoms with E-state index >= 15 is 0 Å². The van der Waals surface area contributed by atoms with Gasteiger partial charge in [0, 0.05) is 17.5 Å². The smallest absolute Gasteiger partial charge is 0.303 e. The minimum Gasteiger partial charge on any atom is -0.481 e. The van der Waals surface area contributed by atoms with Crippen molar-refractivity contribution < 1.29 is 14.7 Å². The number of nitrogens with one attached hydrogen (secondary N) is 1. The van der Waals surface area contributed by atoms with Crippen molar-refractivity contribution in [2.45, 2.75) is 39.0 Å². The molecule has 1 fully saturated rings. The van der Waals surface area contributed by atoms with Crippen molar-refractivity contribution in [1.29, 1.82) is 0 Å². The first-order valence-corrected chi connectivity index (χ1v) is 6.68. The highest BCUT2D eigenvalue weighted by molar-refractivity contribution is 5.97. The van der Waals surface area contributed by atoms with Gasteiger partial charge >= 0.3 is 5.97 Å². The van der Waals surface area contributed by atoms with Crippen molar-refractivity contribution in [2.24, 2.45) is 5.41 Å². The standard InChI is InChI=1S/C15H19NO3/c1-2-15(8-9-15)14(19)16-12-5-3-4-11(10-12)6-7-13(17)18/h3-5,10H,2,6-9H2,1H3,(H,16,19)(H,17,18). The highest BCUT2D eigenvalue weighted by Gasteiger charge is 2.47. The number of aliphatic carboxylic acids is 1. The second-order valence-electron chi connectivity index (χ2n) is 5.18. The Hall–Kier alpha value is -1.84. The highest BCUT2D eigenvalue weighted by Crippen LogP contribution is 2.49. The fourth-order valence-corrected chi connectivity index (χ4v) is 2.21. The molecule has 0 spiro atoms. The Kier molecular flexibility index (Phi) is 3.88. The molecule has 1 saturated carbocycles. The number of benzene rings is 1. The van der Waals surface area contributed by atoms with Gasteiger partial charge in [-0.15, -0.1) is 0 Å². The Morgan fingerprint density at radius 3 is 2.68 bits per heavy atom. The molecule has 0 heterocycles. The summed E-state index contributed by atoms with van der Waals surface area (Å²) in [7, 11) is 0. The summed E-state index contributed by atoms with van der Waals surface area (Å²) in [5, 5.41) is 11.6. The number of hydrogen-bond donors (Lipinski definition) is 2. The number of carboxylic acids is 1. The molecule has 1 aliphatic carbocycles. The van der Waals surface area contributed by atoms with Gasteiger partial charge < -0.3 is 10.4 Å². The SMILES string of the molecule is CCC1(C(=O)Nc2cccc(CCC(=O)O)c2)CC1.